The molecule has 2 heterocycles. The van der Waals surface area contributed by atoms with Crippen LogP contribution in [0.25, 0.3) is 11.5 Å². The Morgan fingerprint density at radius 2 is 1.81 bits per heavy atom. The average Bonchev–Trinajstić information content (AvgIpc) is 2.92. The molecule has 2 aromatic rings. The number of aromatic nitrogens is 4. The fourth-order valence-electron chi connectivity index (χ4n) is 2.64. The van der Waals surface area contributed by atoms with Crippen molar-refractivity contribution in [2.45, 2.75) is 37.4 Å². The molecule has 1 unspecified atom stereocenters. The number of halogens is 5. The smallest absolute Gasteiger partial charge is 0.357 e. The lowest BCUT2D eigenvalue weighted by atomic mass is 10.2. The van der Waals surface area contributed by atoms with Crippen molar-refractivity contribution >= 4 is 11.9 Å². The molecule has 2 aromatic heterocycles. The van der Waals surface area contributed by atoms with Crippen molar-refractivity contribution in [1.29, 1.82) is 0 Å². The van der Waals surface area contributed by atoms with Gasteiger partial charge in [-0.1, -0.05) is 6.07 Å². The summed E-state index contributed by atoms with van der Waals surface area (Å²) in [5.41, 5.74) is -1.18. The van der Waals surface area contributed by atoms with Gasteiger partial charge in [0.2, 0.25) is 17.8 Å². The Bertz CT molecular complexity index is 794. The van der Waals surface area contributed by atoms with Gasteiger partial charge in [0.05, 0.1) is 0 Å². The molecular weight excluding hydrogens is 359 g/mol. The van der Waals surface area contributed by atoms with Crippen molar-refractivity contribution in [2.75, 3.05) is 17.7 Å². The second kappa shape index (κ2) is 6.61. The van der Waals surface area contributed by atoms with Gasteiger partial charge in [-0.25, -0.2) is 13.8 Å². The van der Waals surface area contributed by atoms with E-state index in [9.17, 15) is 22.0 Å². The Morgan fingerprint density at radius 3 is 2.42 bits per heavy atom. The molecule has 0 bridgehead atoms. The number of hydrogen-bond acceptors (Lipinski definition) is 6. The summed E-state index contributed by atoms with van der Waals surface area (Å²) >= 11 is 0. The minimum Gasteiger partial charge on any atom is -0.357 e. The number of rotatable bonds is 4. The third kappa shape index (κ3) is 4.14. The molecule has 0 spiro atoms. The minimum atomic E-state index is -4.61. The Hall–Kier alpha value is -2.59. The maximum absolute atomic E-state index is 13.3. The highest BCUT2D eigenvalue weighted by Gasteiger charge is 2.39. The first-order valence-corrected chi connectivity index (χ1v) is 7.79. The van der Waals surface area contributed by atoms with Gasteiger partial charge in [0, 0.05) is 25.9 Å². The molecule has 26 heavy (non-hydrogen) atoms. The number of nitrogens with zero attached hydrogens (tertiary/aromatic N) is 4. The molecule has 0 amide bonds. The molecule has 6 nitrogen and oxygen atoms in total. The lowest BCUT2D eigenvalue weighted by molar-refractivity contribution is -0.141. The molecule has 0 radical (unpaired) electrons. The lowest BCUT2D eigenvalue weighted by Crippen LogP contribution is -2.21. The summed E-state index contributed by atoms with van der Waals surface area (Å²) < 4.78 is 65.2. The minimum absolute atomic E-state index is 0.00117. The Morgan fingerprint density at radius 1 is 1.08 bits per heavy atom. The largest absolute Gasteiger partial charge is 0.433 e. The summed E-state index contributed by atoms with van der Waals surface area (Å²) in [6.45, 7) is 0. The van der Waals surface area contributed by atoms with Crippen molar-refractivity contribution in [1.82, 2.24) is 19.9 Å². The third-order valence-corrected chi connectivity index (χ3v) is 3.86. The van der Waals surface area contributed by atoms with Crippen LogP contribution in [0, 0.1) is 0 Å². The molecule has 2 N–H and O–H groups in total. The molecule has 1 aliphatic carbocycles. The molecule has 1 fully saturated rings. The van der Waals surface area contributed by atoms with E-state index in [0.29, 0.717) is 0 Å². The predicted octanol–water partition coefficient (Wildman–Crippen LogP) is 3.59. The van der Waals surface area contributed by atoms with Gasteiger partial charge in [0.25, 0.3) is 0 Å². The number of nitrogens with one attached hydrogen (secondary N) is 2. The second-order valence-corrected chi connectivity index (χ2v) is 5.90. The van der Waals surface area contributed by atoms with Crippen LogP contribution in [-0.2, 0) is 6.18 Å². The van der Waals surface area contributed by atoms with Crippen molar-refractivity contribution < 1.29 is 22.0 Å². The normalized spacial score (nSPS) is 19.4. The van der Waals surface area contributed by atoms with E-state index >= 15 is 0 Å². The van der Waals surface area contributed by atoms with Crippen molar-refractivity contribution in [3.63, 3.8) is 0 Å². The van der Waals surface area contributed by atoms with Gasteiger partial charge in [0.15, 0.2) is 5.82 Å². The van der Waals surface area contributed by atoms with Gasteiger partial charge in [-0.05, 0) is 18.6 Å². The molecule has 3 rings (SSSR count). The number of hydrogen-bond donors (Lipinski definition) is 2. The summed E-state index contributed by atoms with van der Waals surface area (Å²) in [5.74, 6) is -2.76. The number of anilines is 2. The third-order valence-electron chi connectivity index (χ3n) is 3.86. The molecule has 0 saturated heterocycles. The van der Waals surface area contributed by atoms with Crippen molar-refractivity contribution in [3.05, 3.63) is 23.9 Å². The molecule has 140 valence electrons. The lowest BCUT2D eigenvalue weighted by Gasteiger charge is -2.14. The molecule has 0 aromatic carbocycles. The Kier molecular flexibility index (Phi) is 4.63. The fourth-order valence-corrected chi connectivity index (χ4v) is 2.64. The molecule has 0 aliphatic heterocycles. The highest BCUT2D eigenvalue weighted by Crippen LogP contribution is 2.36. The summed E-state index contributed by atoms with van der Waals surface area (Å²) in [4.78, 5) is 15.6. The maximum atomic E-state index is 13.3. The van der Waals surface area contributed by atoms with E-state index in [-0.39, 0.29) is 42.7 Å². The standard InChI is InChI=1S/C15H15F5N6/c1-21-12-24-11(9-3-2-4-10(23-9)15(18,19)20)25-13(26-12)22-8-5-6-14(16,17)7-8/h2-4,8H,5-7H2,1H3,(H2,21,22,24,25,26). The number of pyridine rings is 1. The van der Waals surface area contributed by atoms with E-state index in [1.165, 1.54) is 19.2 Å². The first kappa shape index (κ1) is 18.2. The summed E-state index contributed by atoms with van der Waals surface area (Å²) in [6, 6.07) is 2.83. The van der Waals surface area contributed by atoms with Gasteiger partial charge < -0.3 is 10.6 Å². The highest BCUT2D eigenvalue weighted by atomic mass is 19.4. The van der Waals surface area contributed by atoms with Crippen LogP contribution in [0.3, 0.4) is 0 Å². The van der Waals surface area contributed by atoms with E-state index in [1.54, 1.807) is 0 Å². The van der Waals surface area contributed by atoms with E-state index in [4.69, 9.17) is 0 Å². The SMILES string of the molecule is CNc1nc(NC2CCC(F)(F)C2)nc(-c2cccc(C(F)(F)F)n2)n1. The molecule has 11 heteroatoms. The van der Waals surface area contributed by atoms with Crippen LogP contribution in [0.15, 0.2) is 18.2 Å². The van der Waals surface area contributed by atoms with Crippen molar-refractivity contribution in [3.8, 4) is 11.5 Å². The molecule has 1 atom stereocenters. The second-order valence-electron chi connectivity index (χ2n) is 5.90. The summed E-state index contributed by atoms with van der Waals surface area (Å²) in [5, 5.41) is 5.46. The van der Waals surface area contributed by atoms with Gasteiger partial charge in [-0.15, -0.1) is 0 Å². The molecule has 1 saturated carbocycles. The Balaban J connectivity index is 1.91. The van der Waals surface area contributed by atoms with E-state index < -0.39 is 23.8 Å². The zero-order valence-electron chi connectivity index (χ0n) is 13.6. The van der Waals surface area contributed by atoms with Crippen LogP contribution >= 0.6 is 0 Å². The van der Waals surface area contributed by atoms with E-state index in [0.717, 1.165) is 6.07 Å². The zero-order chi connectivity index (χ0) is 18.9. The van der Waals surface area contributed by atoms with Crippen LogP contribution < -0.4 is 10.6 Å². The predicted molar refractivity (Wildman–Crippen MR) is 83.8 cm³/mol. The Labute approximate surface area is 145 Å². The topological polar surface area (TPSA) is 75.6 Å². The van der Waals surface area contributed by atoms with Crippen LogP contribution in [0.2, 0.25) is 0 Å². The first-order chi connectivity index (χ1) is 12.2. The zero-order valence-corrected chi connectivity index (χ0v) is 13.6. The maximum Gasteiger partial charge on any atom is 0.433 e. The first-order valence-electron chi connectivity index (χ1n) is 7.79. The highest BCUT2D eigenvalue weighted by molar-refractivity contribution is 5.54. The summed E-state index contributed by atoms with van der Waals surface area (Å²) in [7, 11) is 1.52. The van der Waals surface area contributed by atoms with Crippen LogP contribution in [0.5, 0.6) is 0 Å². The van der Waals surface area contributed by atoms with E-state index in [2.05, 4.69) is 30.6 Å². The average molecular weight is 374 g/mol. The quantitative estimate of drug-likeness (QED) is 0.797. The summed E-state index contributed by atoms with van der Waals surface area (Å²) in [6.07, 6.45) is -4.96. The monoisotopic (exact) mass is 374 g/mol. The molecular formula is C15H15F5N6. The van der Waals surface area contributed by atoms with Crippen molar-refractivity contribution in [2.24, 2.45) is 0 Å². The van der Waals surface area contributed by atoms with E-state index in [1.807, 2.05) is 0 Å². The van der Waals surface area contributed by atoms with Crippen LogP contribution in [0.1, 0.15) is 25.0 Å². The van der Waals surface area contributed by atoms with Gasteiger partial charge in [-0.3, -0.25) is 0 Å². The molecule has 1 aliphatic rings. The van der Waals surface area contributed by atoms with Crippen LogP contribution in [0.4, 0.5) is 33.8 Å². The van der Waals surface area contributed by atoms with Gasteiger partial charge in [-0.2, -0.15) is 28.1 Å². The van der Waals surface area contributed by atoms with Gasteiger partial charge in [0.1, 0.15) is 11.4 Å². The fraction of sp³-hybridized carbons (Fsp3) is 0.467. The number of alkyl halides is 5. The van der Waals surface area contributed by atoms with Crippen LogP contribution in [-0.4, -0.2) is 38.9 Å². The van der Waals surface area contributed by atoms with Gasteiger partial charge >= 0.3 is 6.18 Å².